The molecule has 2 aliphatic carbocycles. The standard InChI is InChI=1S/C22H25Cl/c1-5-9-18-17(7-3)21-19(10-8-11-20(21)23)22(18)13-12-16(6-2)14-15(22)4/h5,7-11,16H,1,4,6,12-14H2,2-3H3/b17-7+,18-9+/t16-,22?/m1/s1. The molecule has 3 rings (SSSR count). The van der Waals surface area contributed by atoms with Crippen molar-refractivity contribution < 1.29 is 0 Å². The Morgan fingerprint density at radius 2 is 2.17 bits per heavy atom. The van der Waals surface area contributed by atoms with Crippen molar-refractivity contribution in [3.05, 3.63) is 76.9 Å². The van der Waals surface area contributed by atoms with E-state index in [2.05, 4.69) is 51.3 Å². The molecule has 1 aromatic rings. The highest BCUT2D eigenvalue weighted by atomic mass is 35.5. The third-order valence-corrected chi connectivity index (χ3v) is 6.02. The van der Waals surface area contributed by atoms with Gasteiger partial charge in [-0.2, -0.15) is 0 Å². The topological polar surface area (TPSA) is 0 Å². The molecule has 2 aliphatic rings. The van der Waals surface area contributed by atoms with Gasteiger partial charge in [-0.1, -0.05) is 74.0 Å². The van der Waals surface area contributed by atoms with Crippen molar-refractivity contribution in [2.45, 2.75) is 44.9 Å². The predicted octanol–water partition coefficient (Wildman–Crippen LogP) is 6.87. The Kier molecular flexibility index (Phi) is 4.38. The van der Waals surface area contributed by atoms with Crippen LogP contribution in [0.3, 0.4) is 0 Å². The van der Waals surface area contributed by atoms with E-state index < -0.39 is 0 Å². The van der Waals surface area contributed by atoms with Gasteiger partial charge in [0.2, 0.25) is 0 Å². The average Bonchev–Trinajstić information content (AvgIpc) is 2.82. The monoisotopic (exact) mass is 324 g/mol. The lowest BCUT2D eigenvalue weighted by Crippen LogP contribution is -2.33. The Morgan fingerprint density at radius 3 is 2.78 bits per heavy atom. The van der Waals surface area contributed by atoms with Crippen molar-refractivity contribution in [1.82, 2.24) is 0 Å². The van der Waals surface area contributed by atoms with Crippen LogP contribution >= 0.6 is 11.6 Å². The maximum absolute atomic E-state index is 6.59. The molecule has 0 N–H and O–H groups in total. The van der Waals surface area contributed by atoms with E-state index in [0.29, 0.717) is 0 Å². The van der Waals surface area contributed by atoms with Gasteiger partial charge in [-0.15, -0.1) is 0 Å². The highest BCUT2D eigenvalue weighted by Crippen LogP contribution is 2.60. The molecular weight excluding hydrogens is 300 g/mol. The van der Waals surface area contributed by atoms with Gasteiger partial charge in [-0.3, -0.25) is 0 Å². The third kappa shape index (κ3) is 2.27. The van der Waals surface area contributed by atoms with Gasteiger partial charge in [0, 0.05) is 16.0 Å². The van der Waals surface area contributed by atoms with Crippen molar-refractivity contribution in [3.63, 3.8) is 0 Å². The minimum absolute atomic E-state index is 0.0814. The smallest absolute Gasteiger partial charge is 0.0487 e. The molecule has 0 nitrogen and oxygen atoms in total. The number of hydrogen-bond donors (Lipinski definition) is 0. The van der Waals surface area contributed by atoms with Crippen LogP contribution < -0.4 is 0 Å². The Hall–Kier alpha value is -1.53. The Balaban J connectivity index is 2.27. The summed E-state index contributed by atoms with van der Waals surface area (Å²) in [7, 11) is 0. The lowest BCUT2D eigenvalue weighted by molar-refractivity contribution is 0.338. The lowest BCUT2D eigenvalue weighted by atomic mass is 9.62. The van der Waals surface area contributed by atoms with Crippen LogP contribution in [0.25, 0.3) is 5.57 Å². The van der Waals surface area contributed by atoms with E-state index in [1.165, 1.54) is 40.7 Å². The molecule has 23 heavy (non-hydrogen) atoms. The molecule has 0 amide bonds. The summed E-state index contributed by atoms with van der Waals surface area (Å²) in [5.74, 6) is 0.760. The van der Waals surface area contributed by atoms with Gasteiger partial charge >= 0.3 is 0 Å². The molecule has 0 radical (unpaired) electrons. The Bertz CT molecular complexity index is 719. The van der Waals surface area contributed by atoms with Crippen LogP contribution in [-0.4, -0.2) is 0 Å². The largest absolute Gasteiger partial charge is 0.0991 e. The number of fused-ring (bicyclic) bond motifs is 2. The molecule has 1 aromatic carbocycles. The van der Waals surface area contributed by atoms with Crippen molar-refractivity contribution >= 4 is 17.2 Å². The van der Waals surface area contributed by atoms with Crippen molar-refractivity contribution in [3.8, 4) is 0 Å². The summed E-state index contributed by atoms with van der Waals surface area (Å²) in [4.78, 5) is 0. The van der Waals surface area contributed by atoms with E-state index in [1.807, 2.05) is 12.1 Å². The van der Waals surface area contributed by atoms with Gasteiger partial charge in [-0.25, -0.2) is 0 Å². The molecule has 0 heterocycles. The summed E-state index contributed by atoms with van der Waals surface area (Å²) in [5, 5.41) is 0.841. The predicted molar refractivity (Wildman–Crippen MR) is 102 cm³/mol. The zero-order valence-corrected chi connectivity index (χ0v) is 14.9. The van der Waals surface area contributed by atoms with Gasteiger partial charge in [0.15, 0.2) is 0 Å². The molecule has 2 atom stereocenters. The summed E-state index contributed by atoms with van der Waals surface area (Å²) in [6, 6.07) is 6.31. The second-order valence-corrected chi connectivity index (χ2v) is 7.11. The molecule has 0 aliphatic heterocycles. The number of halogens is 1. The van der Waals surface area contributed by atoms with Crippen LogP contribution in [0.1, 0.15) is 50.7 Å². The van der Waals surface area contributed by atoms with Gasteiger partial charge in [-0.05, 0) is 54.9 Å². The SMILES string of the molecule is C=C/C=C1\C(=C/C)c2c(Cl)cccc2C12CC[C@@H](CC)CC2=C. The highest BCUT2D eigenvalue weighted by Gasteiger charge is 2.49. The second-order valence-electron chi connectivity index (χ2n) is 6.71. The van der Waals surface area contributed by atoms with Crippen molar-refractivity contribution in [2.75, 3.05) is 0 Å². The maximum Gasteiger partial charge on any atom is 0.0487 e. The minimum atomic E-state index is -0.0814. The van der Waals surface area contributed by atoms with Gasteiger partial charge in [0.05, 0.1) is 0 Å². The summed E-state index contributed by atoms with van der Waals surface area (Å²) in [5.41, 5.74) is 6.37. The van der Waals surface area contributed by atoms with Gasteiger partial charge in [0.1, 0.15) is 0 Å². The summed E-state index contributed by atoms with van der Waals surface area (Å²) in [6.45, 7) is 12.9. The first kappa shape index (κ1) is 16.3. The number of rotatable bonds is 2. The van der Waals surface area contributed by atoms with E-state index in [1.54, 1.807) is 0 Å². The number of allylic oxidation sites excluding steroid dienone is 6. The normalized spacial score (nSPS) is 30.2. The molecule has 0 saturated heterocycles. The van der Waals surface area contributed by atoms with Crippen molar-refractivity contribution in [1.29, 1.82) is 0 Å². The first-order valence-corrected chi connectivity index (χ1v) is 8.95. The summed E-state index contributed by atoms with van der Waals surface area (Å²) >= 11 is 6.59. The van der Waals surface area contributed by atoms with E-state index in [0.717, 1.165) is 23.8 Å². The molecule has 120 valence electrons. The van der Waals surface area contributed by atoms with E-state index in [-0.39, 0.29) is 5.41 Å². The molecule has 1 fully saturated rings. The fraction of sp³-hybridized carbons (Fsp3) is 0.364. The first-order valence-electron chi connectivity index (χ1n) is 8.57. The van der Waals surface area contributed by atoms with E-state index >= 15 is 0 Å². The number of benzene rings is 1. The second kappa shape index (κ2) is 6.17. The molecular formula is C22H25Cl. The molecule has 0 aromatic heterocycles. The molecule has 1 unspecified atom stereocenters. The molecule has 1 spiro atoms. The molecule has 0 bridgehead atoms. The summed E-state index contributed by atoms with van der Waals surface area (Å²) in [6.07, 6.45) is 11.0. The molecule has 1 saturated carbocycles. The number of hydrogen-bond acceptors (Lipinski definition) is 0. The zero-order valence-electron chi connectivity index (χ0n) is 14.2. The minimum Gasteiger partial charge on any atom is -0.0991 e. The van der Waals surface area contributed by atoms with Crippen LogP contribution in [0.5, 0.6) is 0 Å². The van der Waals surface area contributed by atoms with Crippen LogP contribution in [-0.2, 0) is 5.41 Å². The summed E-state index contributed by atoms with van der Waals surface area (Å²) < 4.78 is 0. The fourth-order valence-electron chi connectivity index (χ4n) is 4.53. The van der Waals surface area contributed by atoms with Crippen LogP contribution in [0.4, 0.5) is 0 Å². The maximum atomic E-state index is 6.59. The Labute approximate surface area is 145 Å². The van der Waals surface area contributed by atoms with Crippen LogP contribution in [0.15, 0.2) is 60.7 Å². The lowest BCUT2D eigenvalue weighted by Gasteiger charge is -2.41. The van der Waals surface area contributed by atoms with E-state index in [9.17, 15) is 0 Å². The van der Waals surface area contributed by atoms with Gasteiger partial charge in [0.25, 0.3) is 0 Å². The van der Waals surface area contributed by atoms with Crippen LogP contribution in [0.2, 0.25) is 5.02 Å². The fourth-order valence-corrected chi connectivity index (χ4v) is 4.81. The third-order valence-electron chi connectivity index (χ3n) is 5.71. The van der Waals surface area contributed by atoms with Crippen molar-refractivity contribution in [2.24, 2.45) is 5.92 Å². The van der Waals surface area contributed by atoms with Gasteiger partial charge < -0.3 is 0 Å². The van der Waals surface area contributed by atoms with Crippen LogP contribution in [0, 0.1) is 5.92 Å². The first-order chi connectivity index (χ1) is 11.1. The zero-order chi connectivity index (χ0) is 16.6. The highest BCUT2D eigenvalue weighted by molar-refractivity contribution is 6.33. The average molecular weight is 325 g/mol. The Morgan fingerprint density at radius 1 is 1.39 bits per heavy atom. The van der Waals surface area contributed by atoms with E-state index in [4.69, 9.17) is 11.6 Å². The quantitative estimate of drug-likeness (QED) is 0.520. The molecule has 1 heteroatoms.